The molecule has 0 aromatic heterocycles. The van der Waals surface area contributed by atoms with E-state index < -0.39 is 0 Å². The van der Waals surface area contributed by atoms with E-state index in [2.05, 4.69) is 60.6 Å². The van der Waals surface area contributed by atoms with Crippen LogP contribution in [0.25, 0.3) is 0 Å². The van der Waals surface area contributed by atoms with Crippen molar-refractivity contribution in [3.05, 3.63) is 29.8 Å². The summed E-state index contributed by atoms with van der Waals surface area (Å²) in [6, 6.07) is 8.35. The molecule has 0 saturated heterocycles. The van der Waals surface area contributed by atoms with E-state index in [9.17, 15) is 0 Å². The molecule has 150 valence electrons. The van der Waals surface area contributed by atoms with Crippen molar-refractivity contribution < 1.29 is 9.47 Å². The van der Waals surface area contributed by atoms with Crippen LogP contribution in [0.2, 0.25) is 0 Å². The van der Waals surface area contributed by atoms with Crippen LogP contribution in [0.5, 0.6) is 5.75 Å². The number of hydrogen-bond acceptors (Lipinski definition) is 4. The molecule has 0 radical (unpaired) electrons. The molecule has 1 aromatic carbocycles. The minimum atomic E-state index is 0. The lowest BCUT2D eigenvalue weighted by molar-refractivity contribution is 0.179. The molecule has 1 aromatic rings. The molecule has 0 spiro atoms. The summed E-state index contributed by atoms with van der Waals surface area (Å²) in [6.45, 7) is 7.99. The highest BCUT2D eigenvalue weighted by molar-refractivity contribution is 14.0. The van der Waals surface area contributed by atoms with E-state index in [1.807, 2.05) is 12.1 Å². The van der Waals surface area contributed by atoms with Crippen LogP contribution in [0, 0.1) is 0 Å². The van der Waals surface area contributed by atoms with Crippen LogP contribution in [0.15, 0.2) is 29.3 Å². The highest BCUT2D eigenvalue weighted by atomic mass is 127. The molecular weight excluding hydrogens is 443 g/mol. The van der Waals surface area contributed by atoms with Gasteiger partial charge in [0.15, 0.2) is 5.96 Å². The molecule has 0 aliphatic heterocycles. The summed E-state index contributed by atoms with van der Waals surface area (Å²) in [5.41, 5.74) is 1.15. The van der Waals surface area contributed by atoms with Gasteiger partial charge in [-0.3, -0.25) is 0 Å². The third-order valence-corrected chi connectivity index (χ3v) is 3.51. The normalized spacial score (nSPS) is 12.5. The van der Waals surface area contributed by atoms with E-state index in [4.69, 9.17) is 9.47 Å². The van der Waals surface area contributed by atoms with Gasteiger partial charge in [0, 0.05) is 26.2 Å². The molecule has 0 heterocycles. The van der Waals surface area contributed by atoms with Gasteiger partial charge in [0.1, 0.15) is 5.75 Å². The summed E-state index contributed by atoms with van der Waals surface area (Å²) < 4.78 is 10.9. The Balaban J connectivity index is 0.00000625. The van der Waals surface area contributed by atoms with Crippen molar-refractivity contribution in [2.45, 2.75) is 32.9 Å². The van der Waals surface area contributed by atoms with Gasteiger partial charge in [0.05, 0.1) is 19.8 Å². The minimum absolute atomic E-state index is 0. The van der Waals surface area contributed by atoms with Crippen molar-refractivity contribution >= 4 is 29.9 Å². The average Bonchev–Trinajstić information content (AvgIpc) is 2.58. The van der Waals surface area contributed by atoms with Gasteiger partial charge in [-0.15, -0.1) is 24.0 Å². The first-order chi connectivity index (χ1) is 12.0. The summed E-state index contributed by atoms with van der Waals surface area (Å²) in [5, 5.41) is 6.58. The van der Waals surface area contributed by atoms with Crippen molar-refractivity contribution in [3.63, 3.8) is 0 Å². The lowest BCUT2D eigenvalue weighted by Gasteiger charge is -2.17. The van der Waals surface area contributed by atoms with Gasteiger partial charge >= 0.3 is 0 Å². The van der Waals surface area contributed by atoms with Crippen LogP contribution in [0.4, 0.5) is 0 Å². The molecule has 0 amide bonds. The quantitative estimate of drug-likeness (QED) is 0.222. The molecule has 0 aliphatic carbocycles. The standard InChI is InChI=1S/C19H34N4O2.HI/c1-6-20-19(22-16(2)15-24-5)21-14-17-8-10-18(11-9-17)25-13-7-12-23(3)4;/h8-11,16H,6-7,12-15H2,1-5H3,(H2,20,21,22);1H. The molecule has 1 atom stereocenters. The largest absolute Gasteiger partial charge is 0.494 e. The molecule has 6 nitrogen and oxygen atoms in total. The van der Waals surface area contributed by atoms with Crippen LogP contribution < -0.4 is 15.4 Å². The van der Waals surface area contributed by atoms with E-state index in [1.54, 1.807) is 7.11 Å². The van der Waals surface area contributed by atoms with Crippen LogP contribution in [0.1, 0.15) is 25.8 Å². The lowest BCUT2D eigenvalue weighted by Crippen LogP contribution is -2.43. The van der Waals surface area contributed by atoms with E-state index in [1.165, 1.54) is 0 Å². The fourth-order valence-electron chi connectivity index (χ4n) is 2.28. The second kappa shape index (κ2) is 15.0. The van der Waals surface area contributed by atoms with Crippen molar-refractivity contribution in [2.24, 2.45) is 4.99 Å². The summed E-state index contributed by atoms with van der Waals surface area (Å²) in [7, 11) is 5.84. The Morgan fingerprint density at radius 3 is 2.50 bits per heavy atom. The first-order valence-corrected chi connectivity index (χ1v) is 8.95. The number of aliphatic imine (C=N–C) groups is 1. The Labute approximate surface area is 175 Å². The summed E-state index contributed by atoms with van der Waals surface area (Å²) in [6.07, 6.45) is 1.02. The summed E-state index contributed by atoms with van der Waals surface area (Å²) in [4.78, 5) is 6.78. The highest BCUT2D eigenvalue weighted by Crippen LogP contribution is 2.13. The molecule has 7 heteroatoms. The number of rotatable bonds is 11. The molecular formula is C19H35IN4O2. The molecule has 26 heavy (non-hydrogen) atoms. The van der Waals surface area contributed by atoms with Gasteiger partial charge in [-0.25, -0.2) is 4.99 Å². The second-order valence-electron chi connectivity index (χ2n) is 6.35. The summed E-state index contributed by atoms with van der Waals surface area (Å²) >= 11 is 0. The Morgan fingerprint density at radius 1 is 1.23 bits per heavy atom. The molecule has 0 bridgehead atoms. The SMILES string of the molecule is CCNC(=NCc1ccc(OCCCN(C)C)cc1)NC(C)COC.I. The van der Waals surface area contributed by atoms with Crippen molar-refractivity contribution in [1.82, 2.24) is 15.5 Å². The van der Waals surface area contributed by atoms with Gasteiger partial charge in [-0.2, -0.15) is 0 Å². The Bertz CT molecular complexity index is 495. The first kappa shape index (κ1) is 24.9. The number of nitrogens with zero attached hydrogens (tertiary/aromatic N) is 2. The predicted octanol–water partition coefficient (Wildman–Crippen LogP) is 2.73. The maximum Gasteiger partial charge on any atom is 0.191 e. The number of guanidine groups is 1. The van der Waals surface area contributed by atoms with Crippen molar-refractivity contribution in [1.29, 1.82) is 0 Å². The molecule has 0 fully saturated rings. The van der Waals surface area contributed by atoms with Crippen LogP contribution in [-0.4, -0.2) is 64.4 Å². The first-order valence-electron chi connectivity index (χ1n) is 8.95. The highest BCUT2D eigenvalue weighted by Gasteiger charge is 2.04. The number of halogens is 1. The topological polar surface area (TPSA) is 58.1 Å². The monoisotopic (exact) mass is 478 g/mol. The molecule has 0 saturated carbocycles. The van der Waals surface area contributed by atoms with Gasteiger partial charge in [-0.1, -0.05) is 12.1 Å². The van der Waals surface area contributed by atoms with E-state index in [-0.39, 0.29) is 30.0 Å². The molecule has 0 aliphatic rings. The smallest absolute Gasteiger partial charge is 0.191 e. The molecule has 2 N–H and O–H groups in total. The van der Waals surface area contributed by atoms with Gasteiger partial charge in [0.2, 0.25) is 0 Å². The molecule has 1 unspecified atom stereocenters. The zero-order chi connectivity index (χ0) is 18.5. The van der Waals surface area contributed by atoms with E-state index in [0.717, 1.165) is 43.4 Å². The lowest BCUT2D eigenvalue weighted by atomic mass is 10.2. The fraction of sp³-hybridized carbons (Fsp3) is 0.632. The zero-order valence-corrected chi connectivity index (χ0v) is 19.1. The number of ether oxygens (including phenoxy) is 2. The van der Waals surface area contributed by atoms with E-state index in [0.29, 0.717) is 13.2 Å². The summed E-state index contributed by atoms with van der Waals surface area (Å²) in [5.74, 6) is 1.71. The van der Waals surface area contributed by atoms with Crippen LogP contribution in [0.3, 0.4) is 0 Å². The minimum Gasteiger partial charge on any atom is -0.494 e. The van der Waals surface area contributed by atoms with Crippen LogP contribution in [-0.2, 0) is 11.3 Å². The van der Waals surface area contributed by atoms with Crippen molar-refractivity contribution in [2.75, 3.05) is 47.5 Å². The van der Waals surface area contributed by atoms with E-state index >= 15 is 0 Å². The zero-order valence-electron chi connectivity index (χ0n) is 16.7. The Kier molecular flexibility index (Phi) is 14.4. The van der Waals surface area contributed by atoms with Gasteiger partial charge < -0.3 is 25.0 Å². The average molecular weight is 478 g/mol. The second-order valence-corrected chi connectivity index (χ2v) is 6.35. The predicted molar refractivity (Wildman–Crippen MR) is 120 cm³/mol. The number of nitrogens with one attached hydrogen (secondary N) is 2. The number of hydrogen-bond donors (Lipinski definition) is 2. The van der Waals surface area contributed by atoms with Gasteiger partial charge in [-0.05, 0) is 52.1 Å². The third kappa shape index (κ3) is 11.5. The number of methoxy groups -OCH3 is 1. The Hall–Kier alpha value is -1.06. The fourth-order valence-corrected chi connectivity index (χ4v) is 2.28. The number of benzene rings is 1. The van der Waals surface area contributed by atoms with Crippen molar-refractivity contribution in [3.8, 4) is 5.75 Å². The Morgan fingerprint density at radius 2 is 1.92 bits per heavy atom. The molecule has 1 rings (SSSR count). The van der Waals surface area contributed by atoms with Crippen LogP contribution >= 0.6 is 24.0 Å². The maximum absolute atomic E-state index is 5.75. The van der Waals surface area contributed by atoms with Gasteiger partial charge in [0.25, 0.3) is 0 Å². The maximum atomic E-state index is 5.75. The third-order valence-electron chi connectivity index (χ3n) is 3.51.